The van der Waals surface area contributed by atoms with Crippen molar-refractivity contribution in [3.63, 3.8) is 0 Å². The Labute approximate surface area is 173 Å². The van der Waals surface area contributed by atoms with Crippen LogP contribution in [0.1, 0.15) is 44.9 Å². The maximum atomic E-state index is 12.8. The summed E-state index contributed by atoms with van der Waals surface area (Å²) in [6, 6.07) is 2.44. The molecule has 162 valence electrons. The van der Waals surface area contributed by atoms with Crippen LogP contribution in [0.25, 0.3) is 0 Å². The van der Waals surface area contributed by atoms with Crippen molar-refractivity contribution in [2.75, 3.05) is 27.3 Å². The predicted molar refractivity (Wildman–Crippen MR) is 106 cm³/mol. The summed E-state index contributed by atoms with van der Waals surface area (Å²) in [6.07, 6.45) is 2.82. The van der Waals surface area contributed by atoms with Crippen LogP contribution in [0.5, 0.6) is 0 Å². The van der Waals surface area contributed by atoms with E-state index in [1.807, 2.05) is 0 Å². The Morgan fingerprint density at radius 2 is 1.73 bits per heavy atom. The fourth-order valence-corrected chi connectivity index (χ4v) is 5.03. The fraction of sp³-hybridized carbons (Fsp3) is 0.421. The molecule has 1 saturated heterocycles. The third-order valence-corrected chi connectivity index (χ3v) is 6.98. The molecule has 3 heterocycles. The number of pyridine rings is 1. The number of ether oxygens (including phenoxy) is 2. The molecule has 0 saturated carbocycles. The van der Waals surface area contributed by atoms with Crippen LogP contribution in [-0.4, -0.2) is 61.5 Å². The lowest BCUT2D eigenvalue weighted by Gasteiger charge is -2.16. The predicted octanol–water partition coefficient (Wildman–Crippen LogP) is 0.891. The van der Waals surface area contributed by atoms with E-state index < -0.39 is 27.5 Å². The largest absolute Gasteiger partial charge is 0.465 e. The molecule has 0 amide bonds. The maximum Gasteiger partial charge on any atom is 0.354 e. The van der Waals surface area contributed by atoms with Crippen molar-refractivity contribution >= 4 is 22.0 Å². The first kappa shape index (κ1) is 21.8. The van der Waals surface area contributed by atoms with Gasteiger partial charge in [0.1, 0.15) is 5.69 Å². The molecule has 2 aromatic rings. The van der Waals surface area contributed by atoms with Gasteiger partial charge in [-0.15, -0.1) is 0 Å². The lowest BCUT2D eigenvalue weighted by Crippen LogP contribution is -2.30. The number of H-pyrrole nitrogens is 1. The topological polar surface area (TPSA) is 128 Å². The normalized spacial score (nSPS) is 14.6. The molecule has 10 nitrogen and oxygen atoms in total. The first-order valence-corrected chi connectivity index (χ1v) is 10.7. The Balaban J connectivity index is 2.05. The maximum absolute atomic E-state index is 12.8. The van der Waals surface area contributed by atoms with Crippen LogP contribution < -0.4 is 5.56 Å². The highest BCUT2D eigenvalue weighted by Gasteiger charge is 2.29. The van der Waals surface area contributed by atoms with Gasteiger partial charge in [0.15, 0.2) is 0 Å². The van der Waals surface area contributed by atoms with Crippen LogP contribution >= 0.6 is 0 Å². The summed E-state index contributed by atoms with van der Waals surface area (Å²) in [5.41, 5.74) is 0.243. The number of aromatic nitrogens is 2. The highest BCUT2D eigenvalue weighted by atomic mass is 32.2. The Hall–Kier alpha value is -2.92. The number of sulfonamides is 1. The van der Waals surface area contributed by atoms with Crippen LogP contribution in [0.3, 0.4) is 0 Å². The van der Waals surface area contributed by atoms with Crippen LogP contribution in [0.4, 0.5) is 0 Å². The second-order valence-electron chi connectivity index (χ2n) is 6.90. The van der Waals surface area contributed by atoms with Crippen molar-refractivity contribution in [3.8, 4) is 0 Å². The van der Waals surface area contributed by atoms with Crippen LogP contribution in [-0.2, 0) is 26.0 Å². The minimum Gasteiger partial charge on any atom is -0.465 e. The summed E-state index contributed by atoms with van der Waals surface area (Å²) in [6.45, 7) is 2.26. The quantitative estimate of drug-likeness (QED) is 0.665. The van der Waals surface area contributed by atoms with E-state index in [2.05, 4.69) is 4.98 Å². The summed E-state index contributed by atoms with van der Waals surface area (Å²) >= 11 is 0. The average Bonchev–Trinajstić information content (AvgIpc) is 3.37. The zero-order chi connectivity index (χ0) is 22.1. The number of methoxy groups -OCH3 is 2. The average molecular weight is 437 g/mol. The minimum absolute atomic E-state index is 0.0138. The molecule has 0 radical (unpaired) electrons. The standard InChI is InChI=1S/C19H23N3O7S/c1-12-16(18(24)28-2)14(20-17(12)19(25)29-3)11-21-10-13(6-7-15(21)23)30(26,27)22-8-4-5-9-22/h6-7,10,20H,4-5,8-9,11H2,1-3H3. The van der Waals surface area contributed by atoms with Crippen molar-refractivity contribution in [2.24, 2.45) is 0 Å². The van der Waals surface area contributed by atoms with E-state index in [-0.39, 0.29) is 28.4 Å². The van der Waals surface area contributed by atoms with Crippen molar-refractivity contribution < 1.29 is 27.5 Å². The second kappa shape index (κ2) is 8.44. The summed E-state index contributed by atoms with van der Waals surface area (Å²) < 4.78 is 37.7. The Morgan fingerprint density at radius 1 is 1.10 bits per heavy atom. The van der Waals surface area contributed by atoms with Gasteiger partial charge in [-0.05, 0) is 31.4 Å². The van der Waals surface area contributed by atoms with E-state index in [1.165, 1.54) is 35.4 Å². The van der Waals surface area contributed by atoms with Gasteiger partial charge in [0.2, 0.25) is 10.0 Å². The zero-order valence-electron chi connectivity index (χ0n) is 16.9. The van der Waals surface area contributed by atoms with Gasteiger partial charge in [-0.3, -0.25) is 4.79 Å². The Kier molecular flexibility index (Phi) is 6.13. The highest BCUT2D eigenvalue weighted by Crippen LogP contribution is 2.23. The summed E-state index contributed by atoms with van der Waals surface area (Å²) in [7, 11) is -1.32. The molecule has 2 aromatic heterocycles. The molecular weight excluding hydrogens is 414 g/mol. The van der Waals surface area contributed by atoms with Gasteiger partial charge in [0, 0.05) is 25.4 Å². The van der Waals surface area contributed by atoms with Gasteiger partial charge < -0.3 is 19.0 Å². The second-order valence-corrected chi connectivity index (χ2v) is 8.84. The molecule has 1 aliphatic heterocycles. The number of rotatable bonds is 6. The van der Waals surface area contributed by atoms with E-state index in [1.54, 1.807) is 6.92 Å². The molecule has 1 N–H and O–H groups in total. The molecule has 0 unspecified atom stereocenters. The van der Waals surface area contributed by atoms with Gasteiger partial charge in [0.25, 0.3) is 5.56 Å². The molecule has 0 bridgehead atoms. The van der Waals surface area contributed by atoms with Crippen molar-refractivity contribution in [3.05, 3.63) is 51.2 Å². The molecule has 3 rings (SSSR count). The number of hydrogen-bond donors (Lipinski definition) is 1. The monoisotopic (exact) mass is 437 g/mol. The molecule has 30 heavy (non-hydrogen) atoms. The molecule has 11 heteroatoms. The number of nitrogens with one attached hydrogen (secondary N) is 1. The molecular formula is C19H23N3O7S. The summed E-state index contributed by atoms with van der Waals surface area (Å²) in [4.78, 5) is 39.5. The van der Waals surface area contributed by atoms with Gasteiger partial charge in [-0.1, -0.05) is 0 Å². The van der Waals surface area contributed by atoms with Crippen molar-refractivity contribution in [1.29, 1.82) is 0 Å². The number of hydrogen-bond acceptors (Lipinski definition) is 7. The van der Waals surface area contributed by atoms with E-state index in [9.17, 15) is 22.8 Å². The third-order valence-electron chi connectivity index (χ3n) is 5.09. The van der Waals surface area contributed by atoms with Gasteiger partial charge in [-0.2, -0.15) is 4.31 Å². The summed E-state index contributed by atoms with van der Waals surface area (Å²) in [5, 5.41) is 0. The first-order chi connectivity index (χ1) is 14.2. The van der Waals surface area contributed by atoms with Crippen LogP contribution in [0, 0.1) is 6.92 Å². The molecule has 1 aliphatic rings. The first-order valence-electron chi connectivity index (χ1n) is 9.29. The van der Waals surface area contributed by atoms with E-state index in [4.69, 9.17) is 9.47 Å². The zero-order valence-corrected chi connectivity index (χ0v) is 17.7. The lowest BCUT2D eigenvalue weighted by molar-refractivity contribution is 0.0592. The van der Waals surface area contributed by atoms with Crippen molar-refractivity contribution in [2.45, 2.75) is 31.2 Å². The van der Waals surface area contributed by atoms with E-state index in [0.717, 1.165) is 18.9 Å². The third kappa shape index (κ3) is 3.90. The lowest BCUT2D eigenvalue weighted by atomic mass is 10.1. The highest BCUT2D eigenvalue weighted by molar-refractivity contribution is 7.89. The number of esters is 2. The van der Waals surface area contributed by atoms with E-state index in [0.29, 0.717) is 18.7 Å². The molecule has 0 atom stereocenters. The van der Waals surface area contributed by atoms with Gasteiger partial charge in [0.05, 0.1) is 36.9 Å². The van der Waals surface area contributed by atoms with E-state index >= 15 is 0 Å². The number of carbonyl (C=O) groups excluding carboxylic acids is 2. The molecule has 0 aromatic carbocycles. The van der Waals surface area contributed by atoms with Gasteiger partial charge >= 0.3 is 11.9 Å². The molecule has 0 aliphatic carbocycles. The number of carbonyl (C=O) groups is 2. The Morgan fingerprint density at radius 3 is 2.33 bits per heavy atom. The number of nitrogens with zero attached hydrogens (tertiary/aromatic N) is 2. The van der Waals surface area contributed by atoms with Gasteiger partial charge in [-0.25, -0.2) is 18.0 Å². The fourth-order valence-electron chi connectivity index (χ4n) is 3.50. The van der Waals surface area contributed by atoms with Crippen molar-refractivity contribution in [1.82, 2.24) is 13.9 Å². The summed E-state index contributed by atoms with van der Waals surface area (Å²) in [5.74, 6) is -1.37. The number of aromatic amines is 1. The molecule has 0 spiro atoms. The van der Waals surface area contributed by atoms with Crippen LogP contribution in [0.2, 0.25) is 0 Å². The molecule has 1 fully saturated rings. The smallest absolute Gasteiger partial charge is 0.354 e. The SMILES string of the molecule is COC(=O)c1[nH]c(Cn2cc(S(=O)(=O)N3CCCC3)ccc2=O)c(C(=O)OC)c1C. The minimum atomic E-state index is -3.72. The van der Waals surface area contributed by atoms with Crippen LogP contribution in [0.15, 0.2) is 28.0 Å². The Bertz CT molecular complexity index is 1140.